The van der Waals surface area contributed by atoms with Gasteiger partial charge in [-0.2, -0.15) is 5.10 Å². The number of nitrogens with one attached hydrogen (secondary N) is 2. The predicted octanol–water partition coefficient (Wildman–Crippen LogP) is 4.31. The Morgan fingerprint density at radius 1 is 0.951 bits per heavy atom. The standard InChI is InChI=1S/C30H33FN4O5S/c1-22-7-13-26(14-8-22)35(41(38,39)28-17-11-24(31)12-18-28)20-29(36)34-32-19-23-9-15-27(16-10-23)40-21-30(37)33-25-5-3-2-4-6-25/h7-19,25H,2-6,20-21H2,1H3,(H,33,37)(H,34,36)/b32-19-. The molecule has 3 aromatic carbocycles. The van der Waals surface area contributed by atoms with E-state index in [0.29, 0.717) is 11.3 Å². The van der Waals surface area contributed by atoms with Gasteiger partial charge in [0, 0.05) is 6.04 Å². The van der Waals surface area contributed by atoms with Crippen molar-refractivity contribution in [3.05, 3.63) is 89.7 Å². The van der Waals surface area contributed by atoms with Crippen molar-refractivity contribution < 1.29 is 27.1 Å². The lowest BCUT2D eigenvalue weighted by Gasteiger charge is -2.23. The van der Waals surface area contributed by atoms with Crippen molar-refractivity contribution in [3.63, 3.8) is 0 Å². The molecule has 0 radical (unpaired) electrons. The Balaban J connectivity index is 1.33. The number of anilines is 1. The molecule has 3 aromatic rings. The topological polar surface area (TPSA) is 117 Å². The summed E-state index contributed by atoms with van der Waals surface area (Å²) in [6.07, 6.45) is 6.90. The van der Waals surface area contributed by atoms with Gasteiger partial charge in [0.25, 0.3) is 21.8 Å². The van der Waals surface area contributed by atoms with Crippen molar-refractivity contribution in [3.8, 4) is 5.75 Å². The van der Waals surface area contributed by atoms with Gasteiger partial charge in [-0.05, 0) is 86.0 Å². The lowest BCUT2D eigenvalue weighted by atomic mass is 9.95. The number of halogens is 1. The zero-order valence-corrected chi connectivity index (χ0v) is 23.6. The van der Waals surface area contributed by atoms with Crippen LogP contribution in [0.2, 0.25) is 0 Å². The Morgan fingerprint density at radius 2 is 1.61 bits per heavy atom. The van der Waals surface area contributed by atoms with Gasteiger partial charge >= 0.3 is 0 Å². The summed E-state index contributed by atoms with van der Waals surface area (Å²) in [5.74, 6) is -0.870. The van der Waals surface area contributed by atoms with Crippen molar-refractivity contribution >= 4 is 33.7 Å². The molecule has 2 amide bonds. The summed E-state index contributed by atoms with van der Waals surface area (Å²) in [6, 6.07) is 18.1. The van der Waals surface area contributed by atoms with Gasteiger partial charge in [0.2, 0.25) is 0 Å². The zero-order chi connectivity index (χ0) is 29.2. The predicted molar refractivity (Wildman–Crippen MR) is 155 cm³/mol. The summed E-state index contributed by atoms with van der Waals surface area (Å²) < 4.78 is 46.6. The minimum atomic E-state index is -4.17. The van der Waals surface area contributed by atoms with Gasteiger partial charge in [-0.1, -0.05) is 37.0 Å². The third kappa shape index (κ3) is 8.62. The first kappa shape index (κ1) is 29.7. The molecule has 2 N–H and O–H groups in total. The van der Waals surface area contributed by atoms with E-state index >= 15 is 0 Å². The van der Waals surface area contributed by atoms with Crippen molar-refractivity contribution in [2.24, 2.45) is 5.10 Å². The summed E-state index contributed by atoms with van der Waals surface area (Å²) in [7, 11) is -4.17. The van der Waals surface area contributed by atoms with Gasteiger partial charge in [-0.25, -0.2) is 18.2 Å². The Bertz CT molecular complexity index is 1450. The molecule has 1 aliphatic rings. The monoisotopic (exact) mass is 580 g/mol. The van der Waals surface area contributed by atoms with Crippen LogP contribution < -0.4 is 19.8 Å². The van der Waals surface area contributed by atoms with Crippen LogP contribution in [0, 0.1) is 12.7 Å². The van der Waals surface area contributed by atoms with E-state index in [1.165, 1.54) is 12.6 Å². The highest BCUT2D eigenvalue weighted by Crippen LogP contribution is 2.24. The minimum Gasteiger partial charge on any atom is -0.484 e. The second-order valence-electron chi connectivity index (χ2n) is 9.85. The van der Waals surface area contributed by atoms with Crippen LogP contribution in [0.25, 0.3) is 0 Å². The third-order valence-electron chi connectivity index (χ3n) is 6.63. The van der Waals surface area contributed by atoms with Gasteiger partial charge in [0.1, 0.15) is 18.1 Å². The van der Waals surface area contributed by atoms with Crippen LogP contribution in [-0.4, -0.2) is 45.6 Å². The first-order valence-corrected chi connectivity index (χ1v) is 14.8. The van der Waals surface area contributed by atoms with E-state index in [1.54, 1.807) is 48.5 Å². The maximum absolute atomic E-state index is 13.4. The summed E-state index contributed by atoms with van der Waals surface area (Å²) in [5, 5.41) is 6.94. The van der Waals surface area contributed by atoms with Crippen LogP contribution in [0.5, 0.6) is 5.75 Å². The average molecular weight is 581 g/mol. The Hall–Kier alpha value is -4.25. The normalized spacial score (nSPS) is 14.0. The van der Waals surface area contributed by atoms with E-state index in [1.807, 2.05) is 6.92 Å². The van der Waals surface area contributed by atoms with Crippen molar-refractivity contribution in [2.45, 2.75) is 50.0 Å². The first-order chi connectivity index (χ1) is 19.7. The minimum absolute atomic E-state index is 0.0711. The van der Waals surface area contributed by atoms with Crippen molar-refractivity contribution in [2.75, 3.05) is 17.5 Å². The number of hydrogen-bond acceptors (Lipinski definition) is 6. The van der Waals surface area contributed by atoms with Crippen LogP contribution in [0.1, 0.15) is 43.2 Å². The van der Waals surface area contributed by atoms with Crippen molar-refractivity contribution in [1.29, 1.82) is 0 Å². The van der Waals surface area contributed by atoms with Gasteiger partial charge in [0.05, 0.1) is 16.8 Å². The Kier molecular flexibility index (Phi) is 10.1. The average Bonchev–Trinajstić information content (AvgIpc) is 2.97. The molecular weight excluding hydrogens is 547 g/mol. The number of rotatable bonds is 11. The van der Waals surface area contributed by atoms with Crippen LogP contribution in [0.4, 0.5) is 10.1 Å². The molecular formula is C30H33FN4O5S. The number of carbonyl (C=O) groups excluding carboxylic acids is 2. The highest BCUT2D eigenvalue weighted by atomic mass is 32.2. The fraction of sp³-hybridized carbons (Fsp3) is 0.300. The van der Waals surface area contributed by atoms with Gasteiger partial charge in [-0.3, -0.25) is 13.9 Å². The highest BCUT2D eigenvalue weighted by molar-refractivity contribution is 7.92. The van der Waals surface area contributed by atoms with Crippen molar-refractivity contribution in [1.82, 2.24) is 10.7 Å². The van der Waals surface area contributed by atoms with E-state index in [0.717, 1.165) is 59.8 Å². The number of benzene rings is 3. The number of sulfonamides is 1. The van der Waals surface area contributed by atoms with Gasteiger partial charge in [0.15, 0.2) is 6.61 Å². The molecule has 1 saturated carbocycles. The van der Waals surface area contributed by atoms with Crippen LogP contribution >= 0.6 is 0 Å². The molecule has 0 spiro atoms. The summed E-state index contributed by atoms with van der Waals surface area (Å²) in [5.41, 5.74) is 4.20. The second-order valence-corrected chi connectivity index (χ2v) is 11.7. The molecule has 0 saturated heterocycles. The highest BCUT2D eigenvalue weighted by Gasteiger charge is 2.27. The molecule has 11 heteroatoms. The molecule has 0 aliphatic heterocycles. The van der Waals surface area contributed by atoms with E-state index in [-0.39, 0.29) is 29.1 Å². The van der Waals surface area contributed by atoms with E-state index in [2.05, 4.69) is 15.8 Å². The summed E-state index contributed by atoms with van der Waals surface area (Å²) in [6.45, 7) is 1.24. The lowest BCUT2D eigenvalue weighted by molar-refractivity contribution is -0.124. The van der Waals surface area contributed by atoms with Crippen LogP contribution in [0.3, 0.4) is 0 Å². The lowest BCUT2D eigenvalue weighted by Crippen LogP contribution is -2.39. The molecule has 0 heterocycles. The number of ether oxygens (including phenoxy) is 1. The quantitative estimate of drug-likeness (QED) is 0.259. The third-order valence-corrected chi connectivity index (χ3v) is 8.42. The van der Waals surface area contributed by atoms with E-state index < -0.39 is 28.3 Å². The largest absolute Gasteiger partial charge is 0.484 e. The van der Waals surface area contributed by atoms with E-state index in [9.17, 15) is 22.4 Å². The Labute approximate surface area is 239 Å². The molecule has 0 unspecified atom stereocenters. The molecule has 41 heavy (non-hydrogen) atoms. The fourth-order valence-electron chi connectivity index (χ4n) is 4.42. The molecule has 1 fully saturated rings. The fourth-order valence-corrected chi connectivity index (χ4v) is 5.84. The number of aryl methyl sites for hydroxylation is 1. The van der Waals surface area contributed by atoms with Crippen LogP contribution in [0.15, 0.2) is 82.8 Å². The molecule has 9 nitrogen and oxygen atoms in total. The van der Waals surface area contributed by atoms with E-state index in [4.69, 9.17) is 4.74 Å². The molecule has 1 aliphatic carbocycles. The number of amides is 2. The zero-order valence-electron chi connectivity index (χ0n) is 22.8. The maximum atomic E-state index is 13.4. The number of hydrazone groups is 1. The smallest absolute Gasteiger partial charge is 0.264 e. The second kappa shape index (κ2) is 13.9. The maximum Gasteiger partial charge on any atom is 0.264 e. The number of hydrogen-bond donors (Lipinski definition) is 2. The van der Waals surface area contributed by atoms with Crippen LogP contribution in [-0.2, 0) is 19.6 Å². The summed E-state index contributed by atoms with van der Waals surface area (Å²) >= 11 is 0. The molecule has 0 bridgehead atoms. The number of carbonyl (C=O) groups is 2. The Morgan fingerprint density at radius 3 is 2.27 bits per heavy atom. The molecule has 0 atom stereocenters. The van der Waals surface area contributed by atoms with Gasteiger partial charge in [-0.15, -0.1) is 0 Å². The molecule has 0 aromatic heterocycles. The van der Waals surface area contributed by atoms with Gasteiger partial charge < -0.3 is 10.1 Å². The molecule has 216 valence electrons. The first-order valence-electron chi connectivity index (χ1n) is 13.4. The number of nitrogens with zero attached hydrogens (tertiary/aromatic N) is 2. The summed E-state index contributed by atoms with van der Waals surface area (Å²) in [4.78, 5) is 24.7. The SMILES string of the molecule is Cc1ccc(N(CC(=O)N/N=C\c2ccc(OCC(=O)NC3CCCCC3)cc2)S(=O)(=O)c2ccc(F)cc2)cc1. The molecule has 4 rings (SSSR count).